The number of Topliss-reactive ketones (excluding diaryl/α,β-unsaturated/α-hetero) is 1. The highest BCUT2D eigenvalue weighted by atomic mass is 79.9. The second-order valence-corrected chi connectivity index (χ2v) is 5.42. The van der Waals surface area contributed by atoms with Gasteiger partial charge >= 0.3 is 0 Å². The van der Waals surface area contributed by atoms with Gasteiger partial charge in [0.05, 0.1) is 6.54 Å². The fourth-order valence-corrected chi connectivity index (χ4v) is 2.40. The molecule has 1 aliphatic heterocycles. The van der Waals surface area contributed by atoms with Gasteiger partial charge in [0, 0.05) is 23.2 Å². The van der Waals surface area contributed by atoms with E-state index in [0.29, 0.717) is 12.5 Å². The quantitative estimate of drug-likeness (QED) is 0.864. The van der Waals surface area contributed by atoms with Gasteiger partial charge in [0.1, 0.15) is 0 Å². The van der Waals surface area contributed by atoms with Crippen LogP contribution in [0.3, 0.4) is 0 Å². The Morgan fingerprint density at radius 3 is 2.71 bits per heavy atom. The van der Waals surface area contributed by atoms with E-state index < -0.39 is 0 Å². The van der Waals surface area contributed by atoms with Crippen molar-refractivity contribution in [2.24, 2.45) is 5.92 Å². The summed E-state index contributed by atoms with van der Waals surface area (Å²) in [7, 11) is 0. The summed E-state index contributed by atoms with van der Waals surface area (Å²) in [6, 6.07) is 7.44. The molecule has 0 unspecified atom stereocenters. The van der Waals surface area contributed by atoms with E-state index in [-0.39, 0.29) is 12.4 Å². The van der Waals surface area contributed by atoms with Gasteiger partial charge in [-0.25, -0.2) is 0 Å². The van der Waals surface area contributed by atoms with Gasteiger partial charge in [-0.15, -0.1) is 0 Å². The smallest absolute Gasteiger partial charge is 0.176 e. The Bertz CT molecular complexity index is 391. The first-order valence-electron chi connectivity index (χ1n) is 5.81. The summed E-state index contributed by atoms with van der Waals surface area (Å²) in [5.74, 6) is 0.490. The average Bonchev–Trinajstić information content (AvgIpc) is 2.77. The van der Waals surface area contributed by atoms with Crippen molar-refractivity contribution in [2.45, 2.75) is 6.42 Å². The molecular formula is C13H16BrNO2. The maximum Gasteiger partial charge on any atom is 0.176 e. The minimum atomic E-state index is 0.149. The molecule has 0 bridgehead atoms. The zero-order valence-electron chi connectivity index (χ0n) is 9.60. The zero-order chi connectivity index (χ0) is 12.3. The van der Waals surface area contributed by atoms with Gasteiger partial charge < -0.3 is 5.11 Å². The van der Waals surface area contributed by atoms with Gasteiger partial charge in [0.15, 0.2) is 5.78 Å². The van der Waals surface area contributed by atoms with Crippen LogP contribution in [0.1, 0.15) is 16.8 Å². The normalized spacial score (nSPS) is 20.7. The highest BCUT2D eigenvalue weighted by Gasteiger charge is 2.23. The number of likely N-dealkylation sites (tertiary alicyclic amines) is 1. The molecule has 0 aromatic heterocycles. The Balaban J connectivity index is 1.91. The number of rotatable bonds is 4. The van der Waals surface area contributed by atoms with E-state index in [9.17, 15) is 4.79 Å². The van der Waals surface area contributed by atoms with Crippen molar-refractivity contribution in [3.63, 3.8) is 0 Å². The first kappa shape index (κ1) is 12.7. The maximum absolute atomic E-state index is 12.0. The van der Waals surface area contributed by atoms with E-state index in [1.54, 1.807) is 0 Å². The Hall–Kier alpha value is -0.710. The largest absolute Gasteiger partial charge is 0.396 e. The van der Waals surface area contributed by atoms with Crippen LogP contribution in [0, 0.1) is 5.92 Å². The second-order valence-electron chi connectivity index (χ2n) is 4.50. The van der Waals surface area contributed by atoms with Crippen LogP contribution >= 0.6 is 15.9 Å². The van der Waals surface area contributed by atoms with Gasteiger partial charge in [0.25, 0.3) is 0 Å². The predicted octanol–water partition coefficient (Wildman–Crippen LogP) is 1.95. The maximum atomic E-state index is 12.0. The lowest BCUT2D eigenvalue weighted by Gasteiger charge is -2.14. The summed E-state index contributed by atoms with van der Waals surface area (Å²) in [5, 5.41) is 9.05. The number of benzene rings is 1. The summed E-state index contributed by atoms with van der Waals surface area (Å²) < 4.78 is 0.982. The third-order valence-corrected chi connectivity index (χ3v) is 3.69. The van der Waals surface area contributed by atoms with Crippen LogP contribution in [0.2, 0.25) is 0 Å². The molecular weight excluding hydrogens is 282 g/mol. The lowest BCUT2D eigenvalue weighted by molar-refractivity contribution is 0.0940. The van der Waals surface area contributed by atoms with E-state index in [4.69, 9.17) is 5.11 Å². The van der Waals surface area contributed by atoms with E-state index >= 15 is 0 Å². The Morgan fingerprint density at radius 1 is 1.41 bits per heavy atom. The number of aliphatic hydroxyl groups is 1. The van der Waals surface area contributed by atoms with Gasteiger partial charge in [-0.05, 0) is 31.0 Å². The third-order valence-electron chi connectivity index (χ3n) is 3.16. The summed E-state index contributed by atoms with van der Waals surface area (Å²) in [5.41, 5.74) is 0.751. The first-order chi connectivity index (χ1) is 8.19. The number of nitrogens with zero attached hydrogens (tertiary/aromatic N) is 1. The molecule has 4 heteroatoms. The van der Waals surface area contributed by atoms with Crippen LogP contribution in [0.25, 0.3) is 0 Å². The molecule has 92 valence electrons. The van der Waals surface area contributed by atoms with Crippen molar-refractivity contribution < 1.29 is 9.90 Å². The van der Waals surface area contributed by atoms with Crippen LogP contribution in [0.4, 0.5) is 0 Å². The van der Waals surface area contributed by atoms with Crippen molar-refractivity contribution in [1.29, 1.82) is 0 Å². The van der Waals surface area contributed by atoms with Crippen LogP contribution in [-0.4, -0.2) is 42.0 Å². The van der Waals surface area contributed by atoms with E-state index in [1.807, 2.05) is 24.3 Å². The first-order valence-corrected chi connectivity index (χ1v) is 6.60. The average molecular weight is 298 g/mol. The monoisotopic (exact) mass is 297 g/mol. The Labute approximate surface area is 110 Å². The lowest BCUT2D eigenvalue weighted by Crippen LogP contribution is -2.28. The topological polar surface area (TPSA) is 40.5 Å². The molecule has 1 saturated heterocycles. The summed E-state index contributed by atoms with van der Waals surface area (Å²) in [6.45, 7) is 2.42. The molecule has 1 N–H and O–H groups in total. The van der Waals surface area contributed by atoms with Crippen molar-refractivity contribution >= 4 is 21.7 Å². The van der Waals surface area contributed by atoms with Crippen molar-refractivity contribution in [3.8, 4) is 0 Å². The number of carbonyl (C=O) groups excluding carboxylic acids is 1. The van der Waals surface area contributed by atoms with E-state index in [2.05, 4.69) is 20.8 Å². The molecule has 1 atom stereocenters. The molecule has 0 aliphatic carbocycles. The number of hydrogen-bond donors (Lipinski definition) is 1. The van der Waals surface area contributed by atoms with Crippen LogP contribution < -0.4 is 0 Å². The SMILES string of the molecule is O=C(CN1CC[C@H](CO)C1)c1ccc(Br)cc1. The predicted molar refractivity (Wildman–Crippen MR) is 70.1 cm³/mol. The van der Waals surface area contributed by atoms with Gasteiger partial charge in [-0.2, -0.15) is 0 Å². The molecule has 17 heavy (non-hydrogen) atoms. The number of hydrogen-bond acceptors (Lipinski definition) is 3. The molecule has 1 heterocycles. The molecule has 0 amide bonds. The fourth-order valence-electron chi connectivity index (χ4n) is 2.14. The molecule has 0 radical (unpaired) electrons. The van der Waals surface area contributed by atoms with Crippen molar-refractivity contribution in [2.75, 3.05) is 26.2 Å². The van der Waals surface area contributed by atoms with Crippen LogP contribution in [0.5, 0.6) is 0 Å². The summed E-state index contributed by atoms with van der Waals surface area (Å²) in [6.07, 6.45) is 0.990. The zero-order valence-corrected chi connectivity index (χ0v) is 11.2. The number of carbonyl (C=O) groups is 1. The molecule has 3 nitrogen and oxygen atoms in total. The van der Waals surface area contributed by atoms with Crippen LogP contribution in [-0.2, 0) is 0 Å². The fraction of sp³-hybridized carbons (Fsp3) is 0.462. The second kappa shape index (κ2) is 5.76. The molecule has 1 fully saturated rings. The highest BCUT2D eigenvalue weighted by Crippen LogP contribution is 2.16. The Kier molecular flexibility index (Phi) is 4.31. The third kappa shape index (κ3) is 3.37. The number of halogens is 1. The molecule has 1 aromatic rings. The minimum Gasteiger partial charge on any atom is -0.396 e. The minimum absolute atomic E-state index is 0.149. The van der Waals surface area contributed by atoms with Gasteiger partial charge in [-0.3, -0.25) is 9.69 Å². The molecule has 2 rings (SSSR count). The standard InChI is InChI=1S/C13H16BrNO2/c14-12-3-1-11(2-4-12)13(17)8-15-6-5-10(7-15)9-16/h1-4,10,16H,5-9H2/t10-/m0/s1. The highest BCUT2D eigenvalue weighted by molar-refractivity contribution is 9.10. The van der Waals surface area contributed by atoms with E-state index in [0.717, 1.165) is 29.5 Å². The van der Waals surface area contributed by atoms with E-state index in [1.165, 1.54) is 0 Å². The number of aliphatic hydroxyl groups excluding tert-OH is 1. The summed E-state index contributed by atoms with van der Waals surface area (Å²) >= 11 is 3.35. The molecule has 0 spiro atoms. The number of ketones is 1. The van der Waals surface area contributed by atoms with Crippen molar-refractivity contribution in [1.82, 2.24) is 4.90 Å². The van der Waals surface area contributed by atoms with Crippen molar-refractivity contribution in [3.05, 3.63) is 34.3 Å². The summed E-state index contributed by atoms with van der Waals surface area (Å²) in [4.78, 5) is 14.1. The van der Waals surface area contributed by atoms with Crippen LogP contribution in [0.15, 0.2) is 28.7 Å². The molecule has 1 aromatic carbocycles. The molecule has 1 aliphatic rings. The van der Waals surface area contributed by atoms with Gasteiger partial charge in [-0.1, -0.05) is 28.1 Å². The molecule has 0 saturated carbocycles. The lowest BCUT2D eigenvalue weighted by atomic mass is 10.1. The van der Waals surface area contributed by atoms with Gasteiger partial charge in [0.2, 0.25) is 0 Å². The Morgan fingerprint density at radius 2 is 2.12 bits per heavy atom.